The quantitative estimate of drug-likeness (QED) is 0.534. The molecular formula is C22H28F3N7O3. The molecule has 2 aliphatic heterocycles. The molecule has 2 fully saturated rings. The highest BCUT2D eigenvalue weighted by atomic mass is 19.4. The van der Waals surface area contributed by atoms with Gasteiger partial charge in [0.05, 0.1) is 49.2 Å². The van der Waals surface area contributed by atoms with Crippen LogP contribution in [-0.4, -0.2) is 75.4 Å². The number of aromatic amines is 1. The second-order valence-electron chi connectivity index (χ2n) is 8.87. The Kier molecular flexibility index (Phi) is 7.24. The number of hydrogen-bond donors (Lipinski definition) is 2. The van der Waals surface area contributed by atoms with Gasteiger partial charge in [-0.05, 0) is 26.7 Å². The molecule has 13 heteroatoms. The summed E-state index contributed by atoms with van der Waals surface area (Å²) in [5.74, 6) is 0.249. The molecule has 3 atom stereocenters. The monoisotopic (exact) mass is 495 g/mol. The number of amides is 1. The maximum Gasteiger partial charge on any atom is 0.419 e. The van der Waals surface area contributed by atoms with Gasteiger partial charge in [-0.3, -0.25) is 9.59 Å². The topological polar surface area (TPSA) is 116 Å². The lowest BCUT2D eigenvalue weighted by Crippen LogP contribution is -2.40. The van der Waals surface area contributed by atoms with E-state index in [0.717, 1.165) is 12.4 Å². The summed E-state index contributed by atoms with van der Waals surface area (Å²) in [6.07, 6.45) is 0.329. The van der Waals surface area contributed by atoms with Crippen molar-refractivity contribution >= 4 is 17.5 Å². The van der Waals surface area contributed by atoms with Crippen LogP contribution in [0, 0.1) is 6.92 Å². The number of anilines is 2. The van der Waals surface area contributed by atoms with Crippen LogP contribution in [-0.2, 0) is 15.7 Å². The SMILES string of the molecule is Cc1c(N[C@@H](C)COCCC(=O)N2CC[C@@H]3[C@H]2CCN3c2ncc(C(F)(F)F)cn2)cn[nH]c1=O. The average molecular weight is 496 g/mol. The van der Waals surface area contributed by atoms with Gasteiger partial charge in [0.25, 0.3) is 5.56 Å². The number of likely N-dealkylation sites (tertiary alicyclic amines) is 1. The van der Waals surface area contributed by atoms with E-state index in [4.69, 9.17) is 4.74 Å². The zero-order valence-electron chi connectivity index (χ0n) is 19.5. The number of rotatable bonds is 8. The predicted octanol–water partition coefficient (Wildman–Crippen LogP) is 1.97. The Labute approximate surface area is 199 Å². The molecule has 10 nitrogen and oxygen atoms in total. The lowest BCUT2D eigenvalue weighted by atomic mass is 10.1. The van der Waals surface area contributed by atoms with Gasteiger partial charge in [0, 0.05) is 37.1 Å². The van der Waals surface area contributed by atoms with Crippen molar-refractivity contribution in [3.63, 3.8) is 0 Å². The molecule has 2 aromatic rings. The van der Waals surface area contributed by atoms with E-state index in [2.05, 4.69) is 25.5 Å². The van der Waals surface area contributed by atoms with Crippen molar-refractivity contribution in [3.05, 3.63) is 40.1 Å². The average Bonchev–Trinajstić information content (AvgIpc) is 3.41. The van der Waals surface area contributed by atoms with Gasteiger partial charge in [0.2, 0.25) is 11.9 Å². The highest BCUT2D eigenvalue weighted by molar-refractivity contribution is 5.77. The zero-order valence-corrected chi connectivity index (χ0v) is 19.5. The molecule has 1 amide bonds. The van der Waals surface area contributed by atoms with Crippen LogP contribution in [0.5, 0.6) is 0 Å². The van der Waals surface area contributed by atoms with E-state index in [1.807, 2.05) is 16.7 Å². The van der Waals surface area contributed by atoms with Crippen LogP contribution in [0.2, 0.25) is 0 Å². The molecule has 4 rings (SSSR count). The minimum atomic E-state index is -4.48. The Morgan fingerprint density at radius 2 is 1.94 bits per heavy atom. The third kappa shape index (κ3) is 5.55. The first kappa shape index (κ1) is 24.9. The lowest BCUT2D eigenvalue weighted by molar-refractivity contribution is -0.138. The van der Waals surface area contributed by atoms with E-state index in [9.17, 15) is 22.8 Å². The van der Waals surface area contributed by atoms with Crippen molar-refractivity contribution in [2.75, 3.05) is 36.5 Å². The second kappa shape index (κ2) is 10.2. The third-order valence-electron chi connectivity index (χ3n) is 6.45. The number of aromatic nitrogens is 4. The number of hydrogen-bond acceptors (Lipinski definition) is 8. The molecule has 2 aromatic heterocycles. The molecule has 0 bridgehead atoms. The molecule has 4 heterocycles. The summed E-state index contributed by atoms with van der Waals surface area (Å²) < 4.78 is 44.0. The van der Waals surface area contributed by atoms with E-state index in [1.165, 1.54) is 0 Å². The summed E-state index contributed by atoms with van der Waals surface area (Å²) >= 11 is 0. The van der Waals surface area contributed by atoms with Gasteiger partial charge in [-0.1, -0.05) is 0 Å². The van der Waals surface area contributed by atoms with Crippen LogP contribution in [0.1, 0.15) is 37.3 Å². The number of nitrogens with zero attached hydrogens (tertiary/aromatic N) is 5. The van der Waals surface area contributed by atoms with Crippen LogP contribution in [0.25, 0.3) is 0 Å². The van der Waals surface area contributed by atoms with Crippen molar-refractivity contribution in [1.82, 2.24) is 25.1 Å². The maximum atomic E-state index is 12.8. The predicted molar refractivity (Wildman–Crippen MR) is 121 cm³/mol. The summed E-state index contributed by atoms with van der Waals surface area (Å²) in [5, 5.41) is 9.32. The van der Waals surface area contributed by atoms with Gasteiger partial charge in [-0.15, -0.1) is 0 Å². The number of alkyl halides is 3. The fourth-order valence-electron chi connectivity index (χ4n) is 4.63. The number of fused-ring (bicyclic) bond motifs is 1. The Morgan fingerprint density at radius 1 is 1.23 bits per heavy atom. The summed E-state index contributed by atoms with van der Waals surface area (Å²) in [5.41, 5.74) is 0.0340. The molecule has 0 radical (unpaired) electrons. The first-order valence-corrected chi connectivity index (χ1v) is 11.5. The number of ether oxygens (including phenoxy) is 1. The minimum absolute atomic E-state index is 0.00769. The van der Waals surface area contributed by atoms with Gasteiger partial charge in [0.1, 0.15) is 0 Å². The van der Waals surface area contributed by atoms with Gasteiger partial charge in [-0.25, -0.2) is 15.1 Å². The zero-order chi connectivity index (χ0) is 25.2. The molecule has 0 aliphatic carbocycles. The molecule has 2 saturated heterocycles. The number of nitrogens with one attached hydrogen (secondary N) is 2. The van der Waals surface area contributed by atoms with E-state index < -0.39 is 11.7 Å². The molecular weight excluding hydrogens is 467 g/mol. The Bertz CT molecular complexity index is 1090. The Balaban J connectivity index is 1.23. The minimum Gasteiger partial charge on any atom is -0.379 e. The number of halogens is 3. The Hall–Kier alpha value is -3.22. The highest BCUT2D eigenvalue weighted by Gasteiger charge is 2.45. The largest absolute Gasteiger partial charge is 0.419 e. The molecule has 0 spiro atoms. The number of carbonyl (C=O) groups excluding carboxylic acids is 1. The first-order valence-electron chi connectivity index (χ1n) is 11.5. The summed E-state index contributed by atoms with van der Waals surface area (Å²) in [6.45, 7) is 5.39. The van der Waals surface area contributed by atoms with Crippen LogP contribution in [0.3, 0.4) is 0 Å². The Morgan fingerprint density at radius 3 is 2.66 bits per heavy atom. The normalized spacial score (nSPS) is 20.7. The fraction of sp³-hybridized carbons (Fsp3) is 0.591. The van der Waals surface area contributed by atoms with Gasteiger partial charge >= 0.3 is 6.18 Å². The summed E-state index contributed by atoms with van der Waals surface area (Å²) in [4.78, 5) is 36.0. The number of H-pyrrole nitrogens is 1. The van der Waals surface area contributed by atoms with Crippen molar-refractivity contribution < 1.29 is 22.7 Å². The van der Waals surface area contributed by atoms with E-state index in [0.29, 0.717) is 43.8 Å². The van der Waals surface area contributed by atoms with Crippen LogP contribution in [0.4, 0.5) is 24.8 Å². The highest BCUT2D eigenvalue weighted by Crippen LogP contribution is 2.35. The van der Waals surface area contributed by atoms with Crippen molar-refractivity contribution in [2.45, 2.75) is 57.4 Å². The smallest absolute Gasteiger partial charge is 0.379 e. The summed E-state index contributed by atoms with van der Waals surface area (Å²) in [7, 11) is 0. The molecule has 0 unspecified atom stereocenters. The number of carbonyl (C=O) groups is 1. The fourth-order valence-corrected chi connectivity index (χ4v) is 4.63. The van der Waals surface area contributed by atoms with Crippen molar-refractivity contribution in [1.29, 1.82) is 0 Å². The molecule has 190 valence electrons. The van der Waals surface area contributed by atoms with Gasteiger partial charge in [-0.2, -0.15) is 18.3 Å². The maximum absolute atomic E-state index is 12.8. The second-order valence-corrected chi connectivity index (χ2v) is 8.87. The molecule has 0 aromatic carbocycles. The van der Waals surface area contributed by atoms with E-state index in [-0.39, 0.29) is 48.6 Å². The molecule has 0 saturated carbocycles. The molecule has 2 N–H and O–H groups in total. The van der Waals surface area contributed by atoms with Crippen LogP contribution in [0.15, 0.2) is 23.4 Å². The third-order valence-corrected chi connectivity index (χ3v) is 6.45. The van der Waals surface area contributed by atoms with Gasteiger partial charge < -0.3 is 19.9 Å². The standard InChI is InChI=1S/C22H28F3N7O3/c1-13(29-16-11-28-30-20(34)14(16)2)12-35-8-5-19(33)31-6-3-18-17(31)4-7-32(18)21-26-9-15(10-27-21)22(23,24)25/h9-11,13,17-18H,3-8,12H2,1-2H3,(H2,29,30,34)/t13-,17+,18+/m0/s1. The van der Waals surface area contributed by atoms with Crippen LogP contribution < -0.4 is 15.8 Å². The first-order chi connectivity index (χ1) is 16.6. The van der Waals surface area contributed by atoms with Crippen LogP contribution >= 0.6 is 0 Å². The van der Waals surface area contributed by atoms with Crippen molar-refractivity contribution in [2.24, 2.45) is 0 Å². The van der Waals surface area contributed by atoms with Gasteiger partial charge in [0.15, 0.2) is 0 Å². The lowest BCUT2D eigenvalue weighted by Gasteiger charge is -2.26. The van der Waals surface area contributed by atoms with E-state index in [1.54, 1.807) is 13.1 Å². The molecule has 2 aliphatic rings. The summed E-state index contributed by atoms with van der Waals surface area (Å²) in [6, 6.07) is -0.108. The molecule has 35 heavy (non-hydrogen) atoms. The van der Waals surface area contributed by atoms with Crippen molar-refractivity contribution in [3.8, 4) is 0 Å². The van der Waals surface area contributed by atoms with E-state index >= 15 is 0 Å².